The number of hydrogen-bond donors (Lipinski definition) is 0. The van der Waals surface area contributed by atoms with E-state index in [1.54, 1.807) is 6.26 Å². The summed E-state index contributed by atoms with van der Waals surface area (Å²) < 4.78 is 44.1. The van der Waals surface area contributed by atoms with E-state index >= 15 is 0 Å². The lowest BCUT2D eigenvalue weighted by molar-refractivity contribution is -0.0716. The minimum absolute atomic E-state index is 0.147. The molecule has 5 rings (SSSR count). The van der Waals surface area contributed by atoms with Gasteiger partial charge in [0.25, 0.3) is 0 Å². The highest BCUT2D eigenvalue weighted by Gasteiger charge is 2.22. The Morgan fingerprint density at radius 1 is 0.732 bits per heavy atom. The van der Waals surface area contributed by atoms with Gasteiger partial charge in [-0.25, -0.2) is 8.78 Å². The smallest absolute Gasteiger partial charge is 0.318 e. The lowest BCUT2D eigenvalue weighted by Gasteiger charge is -2.34. The third-order valence-corrected chi connectivity index (χ3v) is 7.94. The molecule has 0 aromatic heterocycles. The van der Waals surface area contributed by atoms with Crippen molar-refractivity contribution >= 4 is 0 Å². The molecule has 218 valence electrons. The van der Waals surface area contributed by atoms with Gasteiger partial charge in [0.05, 0.1) is 0 Å². The summed E-state index contributed by atoms with van der Waals surface area (Å²) in [6.07, 6.45) is 6.26. The summed E-state index contributed by atoms with van der Waals surface area (Å²) >= 11 is 0. The van der Waals surface area contributed by atoms with Gasteiger partial charge in [-0.3, -0.25) is 4.90 Å². The highest BCUT2D eigenvalue weighted by atomic mass is 19.1. The summed E-state index contributed by atoms with van der Waals surface area (Å²) in [6, 6.07) is 23.6. The summed E-state index contributed by atoms with van der Waals surface area (Å²) in [4.78, 5) is 4.98. The Morgan fingerprint density at radius 3 is 1.98 bits per heavy atom. The number of piperazine rings is 1. The van der Waals surface area contributed by atoms with Crippen LogP contribution in [0.4, 0.5) is 8.78 Å². The van der Waals surface area contributed by atoms with Crippen LogP contribution in [-0.4, -0.2) is 62.0 Å². The molecule has 1 unspecified atom stereocenters. The van der Waals surface area contributed by atoms with E-state index in [4.69, 9.17) is 14.2 Å². The largest absolute Gasteiger partial charge is 0.462 e. The quantitative estimate of drug-likeness (QED) is 0.204. The summed E-state index contributed by atoms with van der Waals surface area (Å²) in [5.41, 5.74) is 3.33. The number of hydrogen-bond acceptors (Lipinski definition) is 5. The third kappa shape index (κ3) is 9.03. The van der Waals surface area contributed by atoms with E-state index in [-0.39, 0.29) is 23.8 Å². The molecule has 1 atom stereocenters. The van der Waals surface area contributed by atoms with Gasteiger partial charge in [0.2, 0.25) is 6.29 Å². The van der Waals surface area contributed by atoms with Crippen molar-refractivity contribution in [3.8, 4) is 0 Å². The van der Waals surface area contributed by atoms with Gasteiger partial charge in [-0.2, -0.15) is 0 Å². The van der Waals surface area contributed by atoms with Crippen LogP contribution in [0.25, 0.3) is 0 Å². The Labute approximate surface area is 242 Å². The molecule has 3 aromatic carbocycles. The predicted molar refractivity (Wildman–Crippen MR) is 156 cm³/mol. The second-order valence-electron chi connectivity index (χ2n) is 10.8. The molecular formula is C34H40F2N2O3. The SMILES string of the molecule is Fc1ccc(C(CCCCCN2CCN(CCOC3=COC(Cc4ccccc4)O3)CC2)c2ccc(F)cc2)cc1. The van der Waals surface area contributed by atoms with Gasteiger partial charge in [-0.05, 0) is 60.3 Å². The highest BCUT2D eigenvalue weighted by Crippen LogP contribution is 2.30. The number of ether oxygens (including phenoxy) is 3. The number of halogens is 2. The molecule has 0 bridgehead atoms. The van der Waals surface area contributed by atoms with Crippen molar-refractivity contribution in [1.29, 1.82) is 0 Å². The normalized spacial score (nSPS) is 17.7. The van der Waals surface area contributed by atoms with E-state index in [0.29, 0.717) is 19.0 Å². The van der Waals surface area contributed by atoms with E-state index in [1.807, 2.05) is 42.5 Å². The Hall–Kier alpha value is -3.42. The van der Waals surface area contributed by atoms with Gasteiger partial charge >= 0.3 is 5.95 Å². The van der Waals surface area contributed by atoms with Crippen molar-refractivity contribution in [2.75, 3.05) is 45.9 Å². The van der Waals surface area contributed by atoms with Crippen LogP contribution in [0.5, 0.6) is 0 Å². The van der Waals surface area contributed by atoms with Gasteiger partial charge in [-0.15, -0.1) is 0 Å². The standard InChI is InChI=1S/C34H40F2N2O3/c35-30-14-10-28(11-15-30)32(29-12-16-31(36)17-13-29)9-5-2-6-18-37-19-21-38(22-20-37)23-24-39-34-26-40-33(41-34)25-27-7-3-1-4-8-27/h1,3-4,7-8,10-17,26,32-33H,2,5-6,9,18-25H2. The van der Waals surface area contributed by atoms with Crippen LogP contribution in [0.2, 0.25) is 0 Å². The molecule has 5 nitrogen and oxygen atoms in total. The highest BCUT2D eigenvalue weighted by molar-refractivity contribution is 5.32. The third-order valence-electron chi connectivity index (χ3n) is 7.94. The first-order valence-corrected chi connectivity index (χ1v) is 14.8. The first kappa shape index (κ1) is 29.1. The first-order valence-electron chi connectivity index (χ1n) is 14.8. The fourth-order valence-electron chi connectivity index (χ4n) is 5.57. The Bertz CT molecular complexity index is 1170. The summed E-state index contributed by atoms with van der Waals surface area (Å²) in [6.45, 7) is 6.75. The zero-order valence-corrected chi connectivity index (χ0v) is 23.6. The molecule has 0 amide bonds. The van der Waals surface area contributed by atoms with Crippen molar-refractivity contribution in [3.05, 3.63) is 119 Å². The van der Waals surface area contributed by atoms with Crippen molar-refractivity contribution in [2.45, 2.75) is 44.3 Å². The second kappa shape index (κ2) is 15.0. The van der Waals surface area contributed by atoms with E-state index in [1.165, 1.54) is 29.8 Å². The van der Waals surface area contributed by atoms with Crippen molar-refractivity contribution in [1.82, 2.24) is 9.80 Å². The molecule has 2 heterocycles. The van der Waals surface area contributed by atoms with Crippen LogP contribution < -0.4 is 0 Å². The summed E-state index contributed by atoms with van der Waals surface area (Å²) in [5, 5.41) is 0. The van der Waals surface area contributed by atoms with Crippen LogP contribution in [0, 0.1) is 11.6 Å². The number of nitrogens with zero attached hydrogens (tertiary/aromatic N) is 2. The second-order valence-corrected chi connectivity index (χ2v) is 10.8. The van der Waals surface area contributed by atoms with Gasteiger partial charge < -0.3 is 19.1 Å². The number of benzene rings is 3. The van der Waals surface area contributed by atoms with E-state index in [0.717, 1.165) is 76.1 Å². The molecule has 0 radical (unpaired) electrons. The Balaban J connectivity index is 0.945. The average molecular weight is 563 g/mol. The summed E-state index contributed by atoms with van der Waals surface area (Å²) in [5.74, 6) is 0.141. The molecule has 0 spiro atoms. The molecule has 7 heteroatoms. The Kier molecular flexibility index (Phi) is 10.6. The van der Waals surface area contributed by atoms with E-state index in [9.17, 15) is 8.78 Å². The maximum atomic E-state index is 13.5. The van der Waals surface area contributed by atoms with E-state index in [2.05, 4.69) is 21.9 Å². The van der Waals surface area contributed by atoms with Crippen LogP contribution in [-0.2, 0) is 20.6 Å². The lowest BCUT2D eigenvalue weighted by atomic mass is 9.87. The molecule has 0 N–H and O–H groups in total. The minimum atomic E-state index is -0.326. The van der Waals surface area contributed by atoms with Gasteiger partial charge in [0.1, 0.15) is 18.2 Å². The van der Waals surface area contributed by atoms with Gasteiger partial charge in [0.15, 0.2) is 6.26 Å². The molecule has 1 saturated heterocycles. The maximum Gasteiger partial charge on any atom is 0.318 e. The molecule has 41 heavy (non-hydrogen) atoms. The average Bonchev–Trinajstić information content (AvgIpc) is 3.44. The maximum absolute atomic E-state index is 13.5. The fourth-order valence-corrected chi connectivity index (χ4v) is 5.57. The topological polar surface area (TPSA) is 34.2 Å². The molecule has 0 aliphatic carbocycles. The monoisotopic (exact) mass is 562 g/mol. The van der Waals surface area contributed by atoms with E-state index < -0.39 is 0 Å². The number of rotatable bonds is 14. The zero-order valence-electron chi connectivity index (χ0n) is 23.6. The molecule has 0 saturated carbocycles. The molecule has 2 aliphatic rings. The van der Waals surface area contributed by atoms with Crippen LogP contribution in [0.1, 0.15) is 48.3 Å². The predicted octanol–water partition coefficient (Wildman–Crippen LogP) is 6.71. The molecule has 2 aliphatic heterocycles. The Morgan fingerprint density at radius 2 is 1.34 bits per heavy atom. The molecular weight excluding hydrogens is 522 g/mol. The number of unbranched alkanes of at least 4 members (excludes halogenated alkanes) is 2. The van der Waals surface area contributed by atoms with Gasteiger partial charge in [-0.1, -0.05) is 67.4 Å². The summed E-state index contributed by atoms with van der Waals surface area (Å²) in [7, 11) is 0. The molecule has 1 fully saturated rings. The molecule has 3 aromatic rings. The lowest BCUT2D eigenvalue weighted by Crippen LogP contribution is -2.47. The van der Waals surface area contributed by atoms with Crippen molar-refractivity contribution in [2.24, 2.45) is 0 Å². The first-order chi connectivity index (χ1) is 20.1. The van der Waals surface area contributed by atoms with Crippen LogP contribution in [0.15, 0.2) is 91.1 Å². The minimum Gasteiger partial charge on any atom is -0.462 e. The fraction of sp³-hybridized carbons (Fsp3) is 0.412. The van der Waals surface area contributed by atoms with Gasteiger partial charge in [0, 0.05) is 45.1 Å². The van der Waals surface area contributed by atoms with Crippen molar-refractivity contribution < 1.29 is 23.0 Å². The zero-order chi connectivity index (χ0) is 28.3. The van der Waals surface area contributed by atoms with Crippen LogP contribution in [0.3, 0.4) is 0 Å². The van der Waals surface area contributed by atoms with Crippen LogP contribution >= 0.6 is 0 Å². The van der Waals surface area contributed by atoms with Crippen molar-refractivity contribution in [3.63, 3.8) is 0 Å².